The third-order valence-electron chi connectivity index (χ3n) is 11.8. The van der Waals surface area contributed by atoms with Crippen LogP contribution in [0.5, 0.6) is 0 Å². The Hall–Kier alpha value is -7.56. The van der Waals surface area contributed by atoms with Crippen molar-refractivity contribution < 1.29 is 43.8 Å². The second kappa shape index (κ2) is 23.9. The van der Waals surface area contributed by atoms with Crippen LogP contribution in [0, 0.1) is 0 Å². The molecule has 3 aliphatic heterocycles. The number of benzene rings is 5. The molecule has 3 aliphatic rings. The summed E-state index contributed by atoms with van der Waals surface area (Å²) in [6.45, 7) is 0. The minimum absolute atomic E-state index is 0.0355. The Balaban J connectivity index is 1.24. The number of nitrogens with one attached hydrogen (secondary N) is 6. The third-order valence-corrected chi connectivity index (χ3v) is 13.0. The van der Waals surface area contributed by atoms with E-state index >= 15 is 0 Å². The van der Waals surface area contributed by atoms with Crippen LogP contribution in [0.15, 0.2) is 151 Å². The van der Waals surface area contributed by atoms with Crippen molar-refractivity contribution in [3.63, 3.8) is 0 Å². The lowest BCUT2D eigenvalue weighted by molar-refractivity contribution is -0.142. The van der Waals surface area contributed by atoms with Gasteiger partial charge in [0.1, 0.15) is 36.3 Å². The van der Waals surface area contributed by atoms with Crippen molar-refractivity contribution in [1.82, 2.24) is 26.6 Å². The van der Waals surface area contributed by atoms with Crippen molar-refractivity contribution in [2.24, 2.45) is 0 Å². The number of aliphatic carboxylic acids is 1. The molecule has 7 atom stereocenters. The summed E-state index contributed by atoms with van der Waals surface area (Å²) < 4.78 is 0. The maximum Gasteiger partial charge on any atom is 0.326 e. The van der Waals surface area contributed by atoms with Crippen molar-refractivity contribution in [2.45, 2.75) is 86.5 Å². The molecule has 16 heteroatoms. The van der Waals surface area contributed by atoms with Crippen LogP contribution in [0.2, 0.25) is 0 Å². The molecule has 8 N–H and O–H groups in total. The summed E-state index contributed by atoms with van der Waals surface area (Å²) in [6, 6.07) is 34.4. The summed E-state index contributed by atoms with van der Waals surface area (Å²) in [7, 11) is 0. The zero-order chi connectivity index (χ0) is 48.7. The maximum absolute atomic E-state index is 14.8. The van der Waals surface area contributed by atoms with E-state index < -0.39 is 84.1 Å². The molecule has 0 fully saturated rings. The quantitative estimate of drug-likeness (QED) is 0.0830. The Bertz CT molecular complexity index is 2610. The van der Waals surface area contributed by atoms with E-state index in [9.17, 15) is 43.8 Å². The summed E-state index contributed by atoms with van der Waals surface area (Å²) in [4.78, 5) is 97.2. The lowest BCUT2D eigenvalue weighted by Gasteiger charge is -2.28. The highest BCUT2D eigenvalue weighted by atomic mass is 32.2. The summed E-state index contributed by atoms with van der Waals surface area (Å²) >= 11 is 1.48. The standard InChI is InChI=1S/C53H54N6O9S/c60-46-32-47(61)55-44(31-40-17-10-26-69-40)51(65)58-42(28-35-18-22-38(23-19-35)37-15-8-3-9-16-37)49(63)56-41(27-33-11-4-1-5-12-33)48(62)57-43(29-36-20-24-39(25-21-36)54-52(46)66)50(64)59-45(53(67)68)30-34-13-6-2-7-14-34/h1-16,18-26,40-46,60H,17,27-32H2,(H,54,66)(H,55,61)(H,56,63)(H,57,62)(H,58,65)(H,59,64)(H,67,68)/t40?,41-,42+,43+,44-,45-,46-/m1/s1. The van der Waals surface area contributed by atoms with Gasteiger partial charge in [0.25, 0.3) is 5.91 Å². The first-order valence-corrected chi connectivity index (χ1v) is 23.7. The minimum Gasteiger partial charge on any atom is -0.480 e. The molecular weight excluding hydrogens is 897 g/mol. The van der Waals surface area contributed by atoms with Crippen LogP contribution in [0.4, 0.5) is 5.69 Å². The van der Waals surface area contributed by atoms with E-state index in [0.29, 0.717) is 28.7 Å². The number of hydrogen-bond donors (Lipinski definition) is 8. The summed E-state index contributed by atoms with van der Waals surface area (Å²) in [5.74, 6) is -5.97. The zero-order valence-electron chi connectivity index (χ0n) is 37.6. The summed E-state index contributed by atoms with van der Waals surface area (Å²) in [5, 5.41) is 39.2. The van der Waals surface area contributed by atoms with Crippen LogP contribution in [0.3, 0.4) is 0 Å². The molecule has 0 aliphatic carbocycles. The number of aliphatic hydroxyl groups excluding tert-OH is 1. The smallest absolute Gasteiger partial charge is 0.326 e. The number of allylic oxidation sites excluding steroid dienone is 1. The average Bonchev–Trinajstić information content (AvgIpc) is 3.87. The van der Waals surface area contributed by atoms with Gasteiger partial charge in [-0.2, -0.15) is 0 Å². The molecule has 0 radical (unpaired) electrons. The van der Waals surface area contributed by atoms with Crippen LogP contribution in [-0.2, 0) is 59.2 Å². The Morgan fingerprint density at radius 2 is 1.16 bits per heavy atom. The van der Waals surface area contributed by atoms with Gasteiger partial charge in [0.15, 0.2) is 0 Å². The zero-order valence-corrected chi connectivity index (χ0v) is 38.4. The van der Waals surface area contributed by atoms with Crippen LogP contribution in [-0.4, -0.2) is 93.2 Å². The van der Waals surface area contributed by atoms with E-state index in [4.69, 9.17) is 0 Å². The van der Waals surface area contributed by atoms with E-state index in [1.165, 1.54) is 23.9 Å². The average molecular weight is 951 g/mol. The van der Waals surface area contributed by atoms with Crippen LogP contribution >= 0.6 is 11.8 Å². The second-order valence-electron chi connectivity index (χ2n) is 17.1. The van der Waals surface area contributed by atoms with Gasteiger partial charge in [0.05, 0.1) is 6.42 Å². The highest BCUT2D eigenvalue weighted by molar-refractivity contribution is 8.03. The molecule has 3 heterocycles. The van der Waals surface area contributed by atoms with Crippen molar-refractivity contribution in [3.05, 3.63) is 173 Å². The first-order chi connectivity index (χ1) is 33.4. The van der Waals surface area contributed by atoms with Crippen LogP contribution in [0.1, 0.15) is 41.5 Å². The highest BCUT2D eigenvalue weighted by Gasteiger charge is 2.35. The SMILES string of the molecule is O=C1C[C@@H](O)C(=O)Nc2ccc(cc2)C[C@@H](C(=O)N[C@H](Cc2ccccc2)C(=O)O)NC(=O)[C@@H](Cc2ccccc2)NC(=O)[C@H](Cc2ccc(-c3ccccc3)cc2)NC(=O)[C@@H](CC2CC=CS2)N1. The Labute approximate surface area is 403 Å². The number of anilines is 1. The Morgan fingerprint density at radius 3 is 1.75 bits per heavy atom. The molecule has 356 valence electrons. The normalized spacial score (nSPS) is 21.9. The van der Waals surface area contributed by atoms with E-state index in [0.717, 1.165) is 11.1 Å². The number of carbonyl (C=O) groups is 7. The van der Waals surface area contributed by atoms with Crippen molar-refractivity contribution in [2.75, 3.05) is 5.32 Å². The van der Waals surface area contributed by atoms with Gasteiger partial charge in [-0.1, -0.05) is 133 Å². The van der Waals surface area contributed by atoms with Gasteiger partial charge in [-0.15, -0.1) is 11.8 Å². The maximum atomic E-state index is 14.8. The molecule has 15 nitrogen and oxygen atoms in total. The van der Waals surface area contributed by atoms with Gasteiger partial charge in [-0.05, 0) is 63.8 Å². The van der Waals surface area contributed by atoms with E-state index in [-0.39, 0.29) is 43.0 Å². The molecule has 1 unspecified atom stereocenters. The molecule has 6 amide bonds. The molecule has 69 heavy (non-hydrogen) atoms. The first-order valence-electron chi connectivity index (χ1n) is 22.7. The number of carboxylic acids is 1. The number of carbonyl (C=O) groups excluding carboxylic acids is 6. The molecule has 0 spiro atoms. The third kappa shape index (κ3) is 14.5. The van der Waals surface area contributed by atoms with Crippen LogP contribution < -0.4 is 31.9 Å². The Kier molecular flexibility index (Phi) is 17.1. The predicted octanol–water partition coefficient (Wildman–Crippen LogP) is 4.25. The fourth-order valence-electron chi connectivity index (χ4n) is 8.10. The molecule has 5 aromatic carbocycles. The molecule has 0 saturated carbocycles. The lowest BCUT2D eigenvalue weighted by Crippen LogP contribution is -2.60. The largest absolute Gasteiger partial charge is 0.480 e. The molecule has 0 aromatic heterocycles. The number of aliphatic hydroxyl groups is 1. The van der Waals surface area contributed by atoms with Crippen LogP contribution in [0.25, 0.3) is 11.1 Å². The van der Waals surface area contributed by atoms with Crippen molar-refractivity contribution >= 4 is 58.9 Å². The molecular formula is C53H54N6O9S. The molecule has 8 rings (SSSR count). The summed E-state index contributed by atoms with van der Waals surface area (Å²) in [5.41, 5.74) is 4.64. The predicted molar refractivity (Wildman–Crippen MR) is 262 cm³/mol. The highest BCUT2D eigenvalue weighted by Crippen LogP contribution is 2.28. The number of amides is 6. The van der Waals surface area contributed by atoms with Gasteiger partial charge in [0.2, 0.25) is 29.5 Å². The Morgan fingerprint density at radius 1 is 0.609 bits per heavy atom. The van der Waals surface area contributed by atoms with Gasteiger partial charge in [-0.3, -0.25) is 28.8 Å². The van der Waals surface area contributed by atoms with E-state index in [1.807, 2.05) is 66.1 Å². The van der Waals surface area contributed by atoms with Crippen molar-refractivity contribution in [1.29, 1.82) is 0 Å². The van der Waals surface area contributed by atoms with E-state index in [2.05, 4.69) is 31.9 Å². The van der Waals surface area contributed by atoms with Gasteiger partial charge >= 0.3 is 5.97 Å². The fourth-order valence-corrected chi connectivity index (χ4v) is 9.07. The van der Waals surface area contributed by atoms with Gasteiger partial charge in [0, 0.05) is 36.6 Å². The lowest BCUT2D eigenvalue weighted by atomic mass is 9.98. The van der Waals surface area contributed by atoms with Gasteiger partial charge < -0.3 is 42.1 Å². The monoisotopic (exact) mass is 950 g/mol. The minimum atomic E-state index is -1.80. The first kappa shape index (κ1) is 49.3. The van der Waals surface area contributed by atoms with E-state index in [1.54, 1.807) is 72.8 Å². The van der Waals surface area contributed by atoms with Crippen molar-refractivity contribution in [3.8, 4) is 11.1 Å². The topological polar surface area (TPSA) is 232 Å². The molecule has 5 aromatic rings. The number of hydrogen-bond acceptors (Lipinski definition) is 9. The molecule has 0 saturated heterocycles. The number of rotatable bonds is 12. The summed E-state index contributed by atoms with van der Waals surface area (Å²) in [6.07, 6.45) is -0.0231. The fraction of sp³-hybridized carbons (Fsp3) is 0.264. The number of carboxylic acid groups (broad SMARTS) is 1. The second-order valence-corrected chi connectivity index (χ2v) is 18.3. The van der Waals surface area contributed by atoms with Gasteiger partial charge in [-0.25, -0.2) is 4.79 Å². The number of fused-ring (bicyclic) bond motifs is 18. The number of thioether (sulfide) groups is 1. The molecule has 2 bridgehead atoms.